The molecular formula is C66H38N4O2. The summed E-state index contributed by atoms with van der Waals surface area (Å²) < 4.78 is 13.6. The Kier molecular flexibility index (Phi) is 9.23. The number of hydrogen-bond acceptors (Lipinski definition) is 6. The van der Waals surface area contributed by atoms with Crippen molar-refractivity contribution in [1.82, 2.24) is 0 Å². The minimum absolute atomic E-state index is 0.576. The summed E-state index contributed by atoms with van der Waals surface area (Å²) in [6.07, 6.45) is 0. The second-order valence-corrected chi connectivity index (χ2v) is 18.2. The van der Waals surface area contributed by atoms with E-state index in [0.29, 0.717) is 11.1 Å². The summed E-state index contributed by atoms with van der Waals surface area (Å²) in [4.78, 5) is 4.60. The smallest absolute Gasteiger partial charge is 0.159 e. The van der Waals surface area contributed by atoms with E-state index in [2.05, 4.69) is 168 Å². The Bertz CT molecular complexity index is 4230. The van der Waals surface area contributed by atoms with Crippen LogP contribution >= 0.6 is 0 Å². The topological polar surface area (TPSA) is 80.3 Å². The summed E-state index contributed by atoms with van der Waals surface area (Å²) >= 11 is 0. The van der Waals surface area contributed by atoms with Gasteiger partial charge in [-0.25, -0.2) is 0 Å². The van der Waals surface area contributed by atoms with Gasteiger partial charge in [0.25, 0.3) is 0 Å². The summed E-state index contributed by atoms with van der Waals surface area (Å²) in [6, 6.07) is 84.4. The Balaban J connectivity index is 1.14. The third-order valence-electron chi connectivity index (χ3n) is 14.3. The molecule has 0 bridgehead atoms. The zero-order valence-corrected chi connectivity index (χ0v) is 38.5. The Morgan fingerprint density at radius 2 is 0.681 bits per heavy atom. The Hall–Kier alpha value is -10.1. The fourth-order valence-electron chi connectivity index (χ4n) is 11.0. The van der Waals surface area contributed by atoms with Crippen molar-refractivity contribution in [3.05, 3.63) is 242 Å². The molecule has 14 aromatic rings. The van der Waals surface area contributed by atoms with Gasteiger partial charge in [0.2, 0.25) is 0 Å². The molecule has 334 valence electrons. The van der Waals surface area contributed by atoms with Crippen LogP contribution in [0, 0.1) is 22.7 Å². The van der Waals surface area contributed by atoms with Crippen molar-refractivity contribution in [3.8, 4) is 34.4 Å². The first-order valence-electron chi connectivity index (χ1n) is 23.9. The van der Waals surface area contributed by atoms with Crippen LogP contribution in [0.4, 0.5) is 34.1 Å². The molecule has 0 N–H and O–H groups in total. The standard InChI is InChI=1S/C66H38N4O2/c67-39-41-25-29-45(30-26-41)69(57-21-11-19-51-47-17-7-9-23-61(47)71-65(51)57)59-37-55(43-13-3-1-4-14-43)49-33-35-54-60(38-56(44-15-5-2-6-16-44)50-34-36-53(59)63(49)64(50)54)70(46-31-27-42(40-68)28-32-46)58-22-12-20-52-48-18-8-10-24-62(48)72-66(52)58/h1-38H. The molecule has 0 fully saturated rings. The Morgan fingerprint density at radius 1 is 0.306 bits per heavy atom. The lowest BCUT2D eigenvalue weighted by atomic mass is 9.85. The molecule has 14 rings (SSSR count). The molecule has 0 radical (unpaired) electrons. The Morgan fingerprint density at radius 3 is 1.10 bits per heavy atom. The maximum absolute atomic E-state index is 10.0. The second-order valence-electron chi connectivity index (χ2n) is 18.2. The molecule has 0 amide bonds. The molecule has 0 aliphatic heterocycles. The molecule has 72 heavy (non-hydrogen) atoms. The van der Waals surface area contributed by atoms with E-state index < -0.39 is 0 Å². The van der Waals surface area contributed by atoms with E-state index in [9.17, 15) is 10.5 Å². The van der Waals surface area contributed by atoms with Crippen molar-refractivity contribution >= 4 is 110 Å². The van der Waals surface area contributed by atoms with Crippen LogP contribution in [0.2, 0.25) is 0 Å². The molecule has 0 atom stereocenters. The minimum atomic E-state index is 0.576. The number of para-hydroxylation sites is 4. The second kappa shape index (κ2) is 16.2. The van der Waals surface area contributed by atoms with Crippen LogP contribution in [0.25, 0.3) is 98.4 Å². The number of fused-ring (bicyclic) bond motifs is 6. The van der Waals surface area contributed by atoms with Gasteiger partial charge in [-0.1, -0.05) is 146 Å². The highest BCUT2D eigenvalue weighted by Crippen LogP contribution is 2.54. The number of nitrogens with zero attached hydrogens (tertiary/aromatic N) is 4. The van der Waals surface area contributed by atoms with Crippen LogP contribution in [0.3, 0.4) is 0 Å². The number of benzene rings is 12. The molecule has 0 saturated heterocycles. The third kappa shape index (κ3) is 6.27. The first-order valence-corrected chi connectivity index (χ1v) is 23.9. The predicted molar refractivity (Wildman–Crippen MR) is 294 cm³/mol. The Labute approximate surface area is 413 Å². The van der Waals surface area contributed by atoms with Gasteiger partial charge in [0.15, 0.2) is 11.2 Å². The first-order chi connectivity index (χ1) is 35.6. The molecular weight excluding hydrogens is 881 g/mol. The van der Waals surface area contributed by atoms with Gasteiger partial charge < -0.3 is 18.6 Å². The van der Waals surface area contributed by atoms with E-state index in [4.69, 9.17) is 8.83 Å². The SMILES string of the molecule is N#Cc1ccc(N(c2cc(-c3ccccc3)c3ccc4c(N(c5ccc(C#N)cc5)c5cccc6c5oc5ccccc56)cc(-c5ccccc5)c5ccc2c3c54)c2cccc3c2oc2ccccc23)cc1. The summed E-state index contributed by atoms with van der Waals surface area (Å²) in [5, 5.41) is 30.7. The molecule has 6 heteroatoms. The summed E-state index contributed by atoms with van der Waals surface area (Å²) in [7, 11) is 0. The predicted octanol–water partition coefficient (Wildman–Crippen LogP) is 18.4. The maximum Gasteiger partial charge on any atom is 0.159 e. The zero-order chi connectivity index (χ0) is 47.9. The monoisotopic (exact) mass is 918 g/mol. The van der Waals surface area contributed by atoms with Crippen LogP contribution in [0.1, 0.15) is 11.1 Å². The molecule has 0 saturated carbocycles. The van der Waals surface area contributed by atoms with Gasteiger partial charge in [-0.3, -0.25) is 0 Å². The highest BCUT2D eigenvalue weighted by Gasteiger charge is 2.28. The highest BCUT2D eigenvalue weighted by atomic mass is 16.3. The number of furan rings is 2. The van der Waals surface area contributed by atoms with Crippen molar-refractivity contribution in [2.24, 2.45) is 0 Å². The fourth-order valence-corrected chi connectivity index (χ4v) is 11.0. The van der Waals surface area contributed by atoms with Gasteiger partial charge in [0.05, 0.1) is 46.0 Å². The van der Waals surface area contributed by atoms with Gasteiger partial charge in [0, 0.05) is 54.5 Å². The molecule has 12 aromatic carbocycles. The third-order valence-corrected chi connectivity index (χ3v) is 14.3. The van der Waals surface area contributed by atoms with Crippen molar-refractivity contribution < 1.29 is 8.83 Å². The highest BCUT2D eigenvalue weighted by molar-refractivity contribution is 6.33. The quantitative estimate of drug-likeness (QED) is 0.141. The van der Waals surface area contributed by atoms with Gasteiger partial charge in [-0.15, -0.1) is 0 Å². The van der Waals surface area contributed by atoms with E-state index in [1.165, 1.54) is 0 Å². The number of rotatable bonds is 8. The minimum Gasteiger partial charge on any atom is -0.454 e. The van der Waals surface area contributed by atoms with E-state index in [0.717, 1.165) is 133 Å². The molecule has 6 nitrogen and oxygen atoms in total. The average molecular weight is 919 g/mol. The average Bonchev–Trinajstić information content (AvgIpc) is 4.03. The number of anilines is 6. The van der Waals surface area contributed by atoms with Gasteiger partial charge >= 0.3 is 0 Å². The zero-order valence-electron chi connectivity index (χ0n) is 38.5. The summed E-state index contributed by atoms with van der Waals surface area (Å²) in [5.41, 5.74) is 14.0. The lowest BCUT2D eigenvalue weighted by Gasteiger charge is -2.31. The van der Waals surface area contributed by atoms with E-state index in [-0.39, 0.29) is 0 Å². The van der Waals surface area contributed by atoms with Crippen LogP contribution in [-0.4, -0.2) is 0 Å². The first kappa shape index (κ1) is 40.9. The number of nitriles is 2. The molecule has 0 unspecified atom stereocenters. The van der Waals surface area contributed by atoms with E-state index in [1.54, 1.807) is 0 Å². The molecule has 0 spiro atoms. The van der Waals surface area contributed by atoms with Gasteiger partial charge in [-0.2, -0.15) is 10.5 Å². The lowest BCUT2D eigenvalue weighted by Crippen LogP contribution is -2.12. The fraction of sp³-hybridized carbons (Fsp3) is 0. The van der Waals surface area contributed by atoms with Crippen molar-refractivity contribution in [2.45, 2.75) is 0 Å². The van der Waals surface area contributed by atoms with Crippen molar-refractivity contribution in [1.29, 1.82) is 10.5 Å². The summed E-state index contributed by atoms with van der Waals surface area (Å²) in [6.45, 7) is 0. The van der Waals surface area contributed by atoms with Crippen molar-refractivity contribution in [3.63, 3.8) is 0 Å². The van der Waals surface area contributed by atoms with Crippen LogP contribution < -0.4 is 9.80 Å². The maximum atomic E-state index is 10.0. The summed E-state index contributed by atoms with van der Waals surface area (Å²) in [5.74, 6) is 0. The van der Waals surface area contributed by atoms with Crippen LogP contribution in [0.15, 0.2) is 239 Å². The molecule has 0 aliphatic carbocycles. The van der Waals surface area contributed by atoms with Gasteiger partial charge in [0.1, 0.15) is 11.2 Å². The normalized spacial score (nSPS) is 11.6. The van der Waals surface area contributed by atoms with Crippen molar-refractivity contribution in [2.75, 3.05) is 9.80 Å². The van der Waals surface area contributed by atoms with Gasteiger partial charge in [-0.05, 0) is 118 Å². The molecule has 2 aromatic heterocycles. The largest absolute Gasteiger partial charge is 0.454 e. The van der Waals surface area contributed by atoms with Crippen LogP contribution in [0.5, 0.6) is 0 Å². The van der Waals surface area contributed by atoms with E-state index >= 15 is 0 Å². The molecule has 0 aliphatic rings. The number of hydrogen-bond donors (Lipinski definition) is 0. The lowest BCUT2D eigenvalue weighted by molar-refractivity contribution is 0.669. The molecule has 2 heterocycles. The van der Waals surface area contributed by atoms with E-state index in [1.807, 2.05) is 84.9 Å². The van der Waals surface area contributed by atoms with Crippen LogP contribution in [-0.2, 0) is 0 Å².